The predicted molar refractivity (Wildman–Crippen MR) is 69.4 cm³/mol. The summed E-state index contributed by atoms with van der Waals surface area (Å²) in [5.74, 6) is 0.802. The van der Waals surface area contributed by atoms with Crippen LogP contribution in [0.2, 0.25) is 5.15 Å². The van der Waals surface area contributed by atoms with Gasteiger partial charge < -0.3 is 0 Å². The van der Waals surface area contributed by atoms with Crippen LogP contribution in [0.5, 0.6) is 0 Å². The van der Waals surface area contributed by atoms with Crippen molar-refractivity contribution in [3.8, 4) is 0 Å². The van der Waals surface area contributed by atoms with E-state index < -0.39 is 0 Å². The highest BCUT2D eigenvalue weighted by atomic mass is 35.5. The van der Waals surface area contributed by atoms with Crippen LogP contribution in [0.15, 0.2) is 40.5 Å². The summed E-state index contributed by atoms with van der Waals surface area (Å²) in [5.41, 5.74) is 0. The van der Waals surface area contributed by atoms with Crippen molar-refractivity contribution in [1.29, 1.82) is 0 Å². The molecule has 0 aliphatic carbocycles. The highest BCUT2D eigenvalue weighted by Gasteiger charge is 2.04. The van der Waals surface area contributed by atoms with Gasteiger partial charge in [0.05, 0.1) is 0 Å². The molecule has 0 saturated heterocycles. The molecule has 0 amide bonds. The third kappa shape index (κ3) is 3.68. The number of hydrogen-bond donors (Lipinski definition) is 0. The van der Waals surface area contributed by atoms with E-state index in [-0.39, 0.29) is 0 Å². The summed E-state index contributed by atoms with van der Waals surface area (Å²) in [6, 6.07) is 5.67. The van der Waals surface area contributed by atoms with Crippen molar-refractivity contribution < 1.29 is 0 Å². The van der Waals surface area contributed by atoms with Gasteiger partial charge in [-0.1, -0.05) is 30.3 Å². The largest absolute Gasteiger partial charge is 0.265 e. The van der Waals surface area contributed by atoms with Crippen LogP contribution in [-0.4, -0.2) is 15.0 Å². The molecular weight excluding hydrogens is 254 g/mol. The van der Waals surface area contributed by atoms with Crippen molar-refractivity contribution in [2.45, 2.75) is 29.7 Å². The van der Waals surface area contributed by atoms with E-state index in [0.717, 1.165) is 28.6 Å². The maximum atomic E-state index is 5.98. The van der Waals surface area contributed by atoms with E-state index in [1.54, 1.807) is 30.2 Å². The maximum absolute atomic E-state index is 5.98. The highest BCUT2D eigenvalue weighted by Crippen LogP contribution is 2.26. The standard InChI is InChI=1S/C12H12ClN3S/c1-2-3-11-15-10(13)8-12(16-11)17-9-4-6-14-7-5-9/h4-8H,2-3H2,1H3. The number of aryl methyl sites for hydroxylation is 1. The van der Waals surface area contributed by atoms with Crippen LogP contribution in [-0.2, 0) is 6.42 Å². The Bertz CT molecular complexity index is 490. The average Bonchev–Trinajstić information content (AvgIpc) is 2.30. The Morgan fingerprint density at radius 1 is 1.24 bits per heavy atom. The van der Waals surface area contributed by atoms with Crippen LogP contribution in [0.4, 0.5) is 0 Å². The molecule has 0 saturated carbocycles. The average molecular weight is 266 g/mol. The van der Waals surface area contributed by atoms with Crippen LogP contribution < -0.4 is 0 Å². The minimum Gasteiger partial charge on any atom is -0.265 e. The molecular formula is C12H12ClN3S. The molecule has 0 atom stereocenters. The second-order valence-electron chi connectivity index (χ2n) is 3.48. The lowest BCUT2D eigenvalue weighted by molar-refractivity contribution is 0.810. The Balaban J connectivity index is 2.21. The van der Waals surface area contributed by atoms with Crippen molar-refractivity contribution >= 4 is 23.4 Å². The van der Waals surface area contributed by atoms with E-state index in [0.29, 0.717) is 5.15 Å². The molecule has 2 aromatic rings. The fourth-order valence-corrected chi connectivity index (χ4v) is 2.44. The summed E-state index contributed by atoms with van der Waals surface area (Å²) in [6.07, 6.45) is 5.39. The molecule has 88 valence electrons. The van der Waals surface area contributed by atoms with Crippen molar-refractivity contribution in [1.82, 2.24) is 15.0 Å². The SMILES string of the molecule is CCCc1nc(Cl)cc(Sc2ccncc2)n1. The number of rotatable bonds is 4. The van der Waals surface area contributed by atoms with Gasteiger partial charge in [0.1, 0.15) is 16.0 Å². The number of hydrogen-bond acceptors (Lipinski definition) is 4. The fraction of sp³-hybridized carbons (Fsp3) is 0.250. The quantitative estimate of drug-likeness (QED) is 0.792. The van der Waals surface area contributed by atoms with Crippen LogP contribution in [0.25, 0.3) is 0 Å². The second-order valence-corrected chi connectivity index (χ2v) is 4.96. The molecule has 0 bridgehead atoms. The minimum atomic E-state index is 0.500. The molecule has 2 rings (SSSR count). The van der Waals surface area contributed by atoms with Crippen molar-refractivity contribution in [2.24, 2.45) is 0 Å². The van der Waals surface area contributed by atoms with Gasteiger partial charge in [-0.25, -0.2) is 9.97 Å². The minimum absolute atomic E-state index is 0.500. The van der Waals surface area contributed by atoms with Gasteiger partial charge in [-0.05, 0) is 18.6 Å². The maximum Gasteiger partial charge on any atom is 0.133 e. The zero-order valence-electron chi connectivity index (χ0n) is 9.43. The molecule has 0 N–H and O–H groups in total. The lowest BCUT2D eigenvalue weighted by Crippen LogP contribution is -1.96. The molecule has 0 radical (unpaired) electrons. The van der Waals surface area contributed by atoms with Gasteiger partial charge in [0.2, 0.25) is 0 Å². The monoisotopic (exact) mass is 265 g/mol. The second kappa shape index (κ2) is 5.98. The van der Waals surface area contributed by atoms with Gasteiger partial charge in [-0.15, -0.1) is 0 Å². The molecule has 3 nitrogen and oxygen atoms in total. The molecule has 17 heavy (non-hydrogen) atoms. The van der Waals surface area contributed by atoms with E-state index in [1.807, 2.05) is 12.1 Å². The molecule has 0 aromatic carbocycles. The number of pyridine rings is 1. The van der Waals surface area contributed by atoms with Crippen molar-refractivity contribution in [2.75, 3.05) is 0 Å². The fourth-order valence-electron chi connectivity index (χ4n) is 1.36. The Morgan fingerprint density at radius 3 is 2.71 bits per heavy atom. The first-order valence-corrected chi connectivity index (χ1v) is 6.58. The van der Waals surface area contributed by atoms with E-state index in [9.17, 15) is 0 Å². The summed E-state index contributed by atoms with van der Waals surface area (Å²) in [5, 5.41) is 1.37. The molecule has 0 fully saturated rings. The highest BCUT2D eigenvalue weighted by molar-refractivity contribution is 7.99. The first kappa shape index (κ1) is 12.3. The summed E-state index contributed by atoms with van der Waals surface area (Å²) < 4.78 is 0. The van der Waals surface area contributed by atoms with E-state index >= 15 is 0 Å². The van der Waals surface area contributed by atoms with Gasteiger partial charge >= 0.3 is 0 Å². The Kier molecular flexibility index (Phi) is 4.34. The number of nitrogens with zero attached hydrogens (tertiary/aromatic N) is 3. The van der Waals surface area contributed by atoms with Crippen LogP contribution in [0, 0.1) is 0 Å². The van der Waals surface area contributed by atoms with Gasteiger partial charge in [-0.3, -0.25) is 4.98 Å². The van der Waals surface area contributed by atoms with Gasteiger partial charge in [0.15, 0.2) is 0 Å². The number of aromatic nitrogens is 3. The first-order chi connectivity index (χ1) is 8.28. The van der Waals surface area contributed by atoms with Crippen LogP contribution in [0.1, 0.15) is 19.2 Å². The lowest BCUT2D eigenvalue weighted by Gasteiger charge is -2.03. The summed E-state index contributed by atoms with van der Waals surface area (Å²) in [4.78, 5) is 13.7. The molecule has 0 aliphatic rings. The normalized spacial score (nSPS) is 10.5. The Morgan fingerprint density at radius 2 is 2.00 bits per heavy atom. The molecule has 0 unspecified atom stereocenters. The van der Waals surface area contributed by atoms with E-state index in [4.69, 9.17) is 11.6 Å². The van der Waals surface area contributed by atoms with E-state index in [1.165, 1.54) is 0 Å². The first-order valence-electron chi connectivity index (χ1n) is 5.39. The zero-order valence-corrected chi connectivity index (χ0v) is 11.0. The Hall–Kier alpha value is -1.13. The van der Waals surface area contributed by atoms with Crippen molar-refractivity contribution in [3.05, 3.63) is 41.6 Å². The molecule has 5 heteroatoms. The number of halogens is 1. The van der Waals surface area contributed by atoms with Crippen molar-refractivity contribution in [3.63, 3.8) is 0 Å². The van der Waals surface area contributed by atoms with Crippen LogP contribution in [0.3, 0.4) is 0 Å². The molecule has 0 spiro atoms. The smallest absolute Gasteiger partial charge is 0.133 e. The molecule has 0 aliphatic heterocycles. The topological polar surface area (TPSA) is 38.7 Å². The summed E-state index contributed by atoms with van der Waals surface area (Å²) >= 11 is 7.54. The third-order valence-electron chi connectivity index (χ3n) is 2.06. The predicted octanol–water partition coefficient (Wildman–Crippen LogP) is 3.63. The Labute approximate surface area is 110 Å². The molecule has 2 heterocycles. The third-order valence-corrected chi connectivity index (χ3v) is 3.18. The zero-order chi connectivity index (χ0) is 12.1. The van der Waals surface area contributed by atoms with Gasteiger partial charge in [0.25, 0.3) is 0 Å². The van der Waals surface area contributed by atoms with E-state index in [2.05, 4.69) is 21.9 Å². The lowest BCUT2D eigenvalue weighted by atomic mass is 10.3. The van der Waals surface area contributed by atoms with Gasteiger partial charge in [-0.2, -0.15) is 0 Å². The molecule has 2 aromatic heterocycles. The summed E-state index contributed by atoms with van der Waals surface area (Å²) in [6.45, 7) is 2.10. The van der Waals surface area contributed by atoms with Gasteiger partial charge in [0, 0.05) is 29.8 Å². The summed E-state index contributed by atoms with van der Waals surface area (Å²) in [7, 11) is 0. The van der Waals surface area contributed by atoms with Crippen LogP contribution >= 0.6 is 23.4 Å².